The van der Waals surface area contributed by atoms with Gasteiger partial charge in [0.15, 0.2) is 17.5 Å². The molecule has 5 nitrogen and oxygen atoms in total. The highest BCUT2D eigenvalue weighted by Crippen LogP contribution is 2.23. The number of hydrogen-bond donors (Lipinski definition) is 1. The second kappa shape index (κ2) is 5.02. The predicted molar refractivity (Wildman–Crippen MR) is 64.1 cm³/mol. The van der Waals surface area contributed by atoms with Gasteiger partial charge in [-0.3, -0.25) is 0 Å². The molecule has 0 fully saturated rings. The molecule has 1 heterocycles. The van der Waals surface area contributed by atoms with Crippen molar-refractivity contribution in [2.24, 2.45) is 7.05 Å². The number of nitriles is 1. The van der Waals surface area contributed by atoms with Crippen molar-refractivity contribution in [3.63, 3.8) is 0 Å². The summed E-state index contributed by atoms with van der Waals surface area (Å²) in [6.45, 7) is 1.75. The molecule has 7 heteroatoms. The average molecular weight is 263 g/mol. The maximum Gasteiger partial charge on any atom is 0.183 e. The van der Waals surface area contributed by atoms with Crippen LogP contribution in [-0.2, 0) is 7.05 Å². The topological polar surface area (TPSA) is 66.5 Å². The summed E-state index contributed by atoms with van der Waals surface area (Å²) >= 11 is 0. The van der Waals surface area contributed by atoms with Crippen LogP contribution in [0.1, 0.15) is 24.4 Å². The lowest BCUT2D eigenvalue weighted by molar-refractivity contribution is 0.507. The van der Waals surface area contributed by atoms with Gasteiger partial charge in [-0.05, 0) is 19.1 Å². The molecule has 0 aliphatic heterocycles. The number of halogens is 2. The summed E-state index contributed by atoms with van der Waals surface area (Å²) in [5, 5.41) is 19.0. The second-order valence-corrected chi connectivity index (χ2v) is 4.07. The number of rotatable bonds is 3. The van der Waals surface area contributed by atoms with Crippen molar-refractivity contribution in [1.82, 2.24) is 14.8 Å². The van der Waals surface area contributed by atoms with E-state index in [4.69, 9.17) is 5.26 Å². The molecule has 1 aromatic carbocycles. The maximum atomic E-state index is 13.7. The second-order valence-electron chi connectivity index (χ2n) is 4.07. The van der Waals surface area contributed by atoms with E-state index in [9.17, 15) is 8.78 Å². The summed E-state index contributed by atoms with van der Waals surface area (Å²) in [5.41, 5.74) is -0.346. The highest BCUT2D eigenvalue weighted by Gasteiger charge is 2.17. The van der Waals surface area contributed by atoms with Crippen LogP contribution in [0.5, 0.6) is 0 Å². The summed E-state index contributed by atoms with van der Waals surface area (Å²) in [5.74, 6) is -1.64. The highest BCUT2D eigenvalue weighted by atomic mass is 19.2. The fraction of sp³-hybridized carbons (Fsp3) is 0.250. The van der Waals surface area contributed by atoms with Gasteiger partial charge >= 0.3 is 0 Å². The van der Waals surface area contributed by atoms with Crippen LogP contribution in [0.15, 0.2) is 18.5 Å². The predicted octanol–water partition coefficient (Wildman–Crippen LogP) is 2.14. The Balaban J connectivity index is 2.28. The quantitative estimate of drug-likeness (QED) is 0.921. The number of nitrogens with zero attached hydrogens (tertiary/aromatic N) is 4. The summed E-state index contributed by atoms with van der Waals surface area (Å²) in [4.78, 5) is 0. The summed E-state index contributed by atoms with van der Waals surface area (Å²) < 4.78 is 28.9. The molecule has 2 aromatic rings. The first-order valence-corrected chi connectivity index (χ1v) is 5.53. The Kier molecular flexibility index (Phi) is 3.42. The van der Waals surface area contributed by atoms with Crippen LogP contribution >= 0.6 is 0 Å². The number of hydrogen-bond acceptors (Lipinski definition) is 4. The lowest BCUT2D eigenvalue weighted by Crippen LogP contribution is -2.13. The van der Waals surface area contributed by atoms with Crippen molar-refractivity contribution in [3.05, 3.63) is 41.5 Å². The van der Waals surface area contributed by atoms with Gasteiger partial charge in [0.1, 0.15) is 12.4 Å². The standard InChI is InChI=1S/C12H11F2N5/c1-7(12-18-16-6-19(12)2)17-9-4-3-8(5-15)10(13)11(9)14/h3-4,6-7,17H,1-2H3. The number of anilines is 1. The van der Waals surface area contributed by atoms with Gasteiger partial charge in [0.25, 0.3) is 0 Å². The molecule has 98 valence electrons. The van der Waals surface area contributed by atoms with Gasteiger partial charge in [-0.1, -0.05) is 0 Å². The van der Waals surface area contributed by atoms with Gasteiger partial charge in [0.2, 0.25) is 0 Å². The van der Waals surface area contributed by atoms with E-state index >= 15 is 0 Å². The molecule has 1 unspecified atom stereocenters. The molecule has 1 atom stereocenters. The van der Waals surface area contributed by atoms with Gasteiger partial charge < -0.3 is 9.88 Å². The maximum absolute atomic E-state index is 13.7. The van der Waals surface area contributed by atoms with E-state index in [2.05, 4.69) is 15.5 Å². The first kappa shape index (κ1) is 13.0. The number of aryl methyl sites for hydroxylation is 1. The molecule has 0 saturated heterocycles. The van der Waals surface area contributed by atoms with Crippen LogP contribution in [0.3, 0.4) is 0 Å². The van der Waals surface area contributed by atoms with Gasteiger partial charge in [-0.25, -0.2) is 8.78 Å². The van der Waals surface area contributed by atoms with Crippen molar-refractivity contribution in [1.29, 1.82) is 5.26 Å². The van der Waals surface area contributed by atoms with Gasteiger partial charge in [-0.2, -0.15) is 5.26 Å². The Bertz CT molecular complexity index is 644. The van der Waals surface area contributed by atoms with E-state index in [1.807, 2.05) is 0 Å². The van der Waals surface area contributed by atoms with Gasteiger partial charge in [-0.15, -0.1) is 10.2 Å². The Morgan fingerprint density at radius 1 is 1.37 bits per heavy atom. The summed E-state index contributed by atoms with van der Waals surface area (Å²) in [7, 11) is 1.75. The van der Waals surface area contributed by atoms with E-state index in [-0.39, 0.29) is 17.3 Å². The number of aromatic nitrogens is 3. The van der Waals surface area contributed by atoms with Crippen LogP contribution in [0, 0.1) is 23.0 Å². The minimum Gasteiger partial charge on any atom is -0.373 e. The zero-order chi connectivity index (χ0) is 14.0. The van der Waals surface area contributed by atoms with E-state index in [1.165, 1.54) is 18.5 Å². The zero-order valence-corrected chi connectivity index (χ0v) is 10.4. The highest BCUT2D eigenvalue weighted by molar-refractivity contribution is 5.50. The zero-order valence-electron chi connectivity index (χ0n) is 10.4. The fourth-order valence-electron chi connectivity index (χ4n) is 1.73. The largest absolute Gasteiger partial charge is 0.373 e. The minimum atomic E-state index is -1.15. The van der Waals surface area contributed by atoms with E-state index < -0.39 is 11.6 Å². The third-order valence-electron chi connectivity index (χ3n) is 2.71. The molecule has 1 aromatic heterocycles. The van der Waals surface area contributed by atoms with Crippen LogP contribution in [0.2, 0.25) is 0 Å². The molecule has 0 bridgehead atoms. The minimum absolute atomic E-state index is 0.0213. The molecular formula is C12H11F2N5. The summed E-state index contributed by atoms with van der Waals surface area (Å²) in [6.07, 6.45) is 1.52. The fourth-order valence-corrected chi connectivity index (χ4v) is 1.73. The van der Waals surface area contributed by atoms with Crippen LogP contribution in [-0.4, -0.2) is 14.8 Å². The first-order valence-electron chi connectivity index (χ1n) is 5.53. The van der Waals surface area contributed by atoms with Gasteiger partial charge in [0, 0.05) is 7.05 Å². The van der Waals surface area contributed by atoms with Crippen molar-refractivity contribution < 1.29 is 8.78 Å². The Morgan fingerprint density at radius 3 is 2.68 bits per heavy atom. The molecule has 0 radical (unpaired) electrons. The lowest BCUT2D eigenvalue weighted by Gasteiger charge is -2.15. The van der Waals surface area contributed by atoms with E-state index in [0.717, 1.165) is 0 Å². The number of nitrogens with one attached hydrogen (secondary N) is 1. The normalized spacial score (nSPS) is 11.9. The summed E-state index contributed by atoms with van der Waals surface area (Å²) in [6, 6.07) is 3.78. The Labute approximate surface area is 108 Å². The van der Waals surface area contributed by atoms with E-state index in [1.54, 1.807) is 24.6 Å². The van der Waals surface area contributed by atoms with Crippen molar-refractivity contribution >= 4 is 5.69 Å². The number of benzene rings is 1. The van der Waals surface area contributed by atoms with Crippen molar-refractivity contribution in [3.8, 4) is 6.07 Å². The Hall–Kier alpha value is -2.49. The Morgan fingerprint density at radius 2 is 2.11 bits per heavy atom. The molecule has 0 spiro atoms. The SMILES string of the molecule is CC(Nc1ccc(C#N)c(F)c1F)c1nncn1C. The molecular weight excluding hydrogens is 252 g/mol. The molecule has 0 aliphatic carbocycles. The first-order chi connectivity index (χ1) is 9.04. The molecule has 1 N–H and O–H groups in total. The molecule has 19 heavy (non-hydrogen) atoms. The third-order valence-corrected chi connectivity index (χ3v) is 2.71. The average Bonchev–Trinajstić information content (AvgIpc) is 2.81. The van der Waals surface area contributed by atoms with Gasteiger partial charge in [0.05, 0.1) is 17.3 Å². The molecule has 0 saturated carbocycles. The monoisotopic (exact) mass is 263 g/mol. The molecule has 0 amide bonds. The van der Waals surface area contributed by atoms with Crippen LogP contribution in [0.25, 0.3) is 0 Å². The third kappa shape index (κ3) is 2.38. The lowest BCUT2D eigenvalue weighted by atomic mass is 10.2. The van der Waals surface area contributed by atoms with Crippen molar-refractivity contribution in [2.75, 3.05) is 5.32 Å². The van der Waals surface area contributed by atoms with Crippen LogP contribution < -0.4 is 5.32 Å². The van der Waals surface area contributed by atoms with Crippen LogP contribution in [0.4, 0.5) is 14.5 Å². The van der Waals surface area contributed by atoms with Crippen molar-refractivity contribution in [2.45, 2.75) is 13.0 Å². The molecule has 0 aliphatic rings. The smallest absolute Gasteiger partial charge is 0.183 e. The molecule has 2 rings (SSSR count). The van der Waals surface area contributed by atoms with E-state index in [0.29, 0.717) is 5.82 Å².